The Morgan fingerprint density at radius 2 is 1.24 bits per heavy atom. The Hall–Kier alpha value is -5.36. The standard InChI is InChI=1S/C30H25N3O9/c31-22-16-23(34)33(30(38)32-22)26-25(42-29(37)20-14-8-3-9-15-20)24(41-28(36)19-12-6-2-7-13-19)21(40-26)17-39-27(35)18-10-4-1-5-11-18/h1-15,21,24-26H,16-17H2,(H2,31,32,38)/t21-,24-,25-,26-/m1/s1. The molecule has 1 saturated heterocycles. The molecule has 5 rings (SSSR count). The summed E-state index contributed by atoms with van der Waals surface area (Å²) in [6, 6.07) is 23.0. The third kappa shape index (κ3) is 6.18. The minimum atomic E-state index is -1.58. The number of nitrogens with zero attached hydrogens (tertiary/aromatic N) is 2. The van der Waals surface area contributed by atoms with E-state index in [-0.39, 0.29) is 22.5 Å². The summed E-state index contributed by atoms with van der Waals surface area (Å²) in [5, 5.41) is 0. The minimum absolute atomic E-state index is 0.155. The van der Waals surface area contributed by atoms with Crippen LogP contribution in [0.4, 0.5) is 4.79 Å². The van der Waals surface area contributed by atoms with Crippen molar-refractivity contribution in [1.82, 2.24) is 4.90 Å². The molecule has 4 atom stereocenters. The SMILES string of the molecule is NC1=NC(=O)N([C@@H]2O[C@H](COC(=O)c3ccccc3)[C@@H](OC(=O)c3ccccc3)[C@H]2OC(=O)c2ccccc2)C(=O)C1. The Bertz CT molecular complexity index is 1510. The number of esters is 3. The van der Waals surface area contributed by atoms with E-state index in [1.54, 1.807) is 66.7 Å². The fraction of sp³-hybridized carbons (Fsp3) is 0.200. The Balaban J connectivity index is 1.49. The van der Waals surface area contributed by atoms with E-state index in [1.807, 2.05) is 0 Å². The molecule has 42 heavy (non-hydrogen) atoms. The van der Waals surface area contributed by atoms with Gasteiger partial charge in [0, 0.05) is 0 Å². The van der Waals surface area contributed by atoms with Gasteiger partial charge < -0.3 is 24.7 Å². The molecule has 12 heteroatoms. The number of imide groups is 1. The van der Waals surface area contributed by atoms with Gasteiger partial charge in [0.1, 0.15) is 18.5 Å². The molecule has 2 heterocycles. The number of carbonyl (C=O) groups is 5. The van der Waals surface area contributed by atoms with Gasteiger partial charge in [0.05, 0.1) is 23.1 Å². The summed E-state index contributed by atoms with van der Waals surface area (Å²) in [7, 11) is 0. The number of ether oxygens (including phenoxy) is 4. The van der Waals surface area contributed by atoms with Crippen molar-refractivity contribution in [1.29, 1.82) is 0 Å². The van der Waals surface area contributed by atoms with Gasteiger partial charge in [-0.05, 0) is 36.4 Å². The van der Waals surface area contributed by atoms with Gasteiger partial charge in [0.25, 0.3) is 0 Å². The number of carbonyl (C=O) groups excluding carboxylic acids is 5. The number of amidine groups is 1. The Kier molecular flexibility index (Phi) is 8.34. The van der Waals surface area contributed by atoms with Crippen molar-refractivity contribution >= 4 is 35.7 Å². The van der Waals surface area contributed by atoms with Crippen LogP contribution in [0.3, 0.4) is 0 Å². The highest BCUT2D eigenvalue weighted by molar-refractivity contribution is 6.13. The van der Waals surface area contributed by atoms with Crippen LogP contribution in [0.1, 0.15) is 37.5 Å². The summed E-state index contributed by atoms with van der Waals surface area (Å²) < 4.78 is 23.0. The van der Waals surface area contributed by atoms with Crippen molar-refractivity contribution in [3.63, 3.8) is 0 Å². The molecule has 2 aliphatic heterocycles. The van der Waals surface area contributed by atoms with E-state index in [2.05, 4.69) is 4.99 Å². The lowest BCUT2D eigenvalue weighted by molar-refractivity contribution is -0.144. The Morgan fingerprint density at radius 1 is 0.762 bits per heavy atom. The second-order valence-electron chi connectivity index (χ2n) is 9.33. The van der Waals surface area contributed by atoms with Gasteiger partial charge in [0.2, 0.25) is 5.91 Å². The van der Waals surface area contributed by atoms with E-state index in [1.165, 1.54) is 24.3 Å². The average molecular weight is 572 g/mol. The number of urea groups is 1. The molecule has 0 aromatic heterocycles. The lowest BCUT2D eigenvalue weighted by Crippen LogP contribution is -2.54. The molecule has 0 spiro atoms. The van der Waals surface area contributed by atoms with Crippen LogP contribution >= 0.6 is 0 Å². The highest BCUT2D eigenvalue weighted by atomic mass is 16.7. The van der Waals surface area contributed by atoms with E-state index in [9.17, 15) is 24.0 Å². The van der Waals surface area contributed by atoms with E-state index in [4.69, 9.17) is 24.7 Å². The van der Waals surface area contributed by atoms with Crippen LogP contribution in [0.15, 0.2) is 96.0 Å². The second kappa shape index (κ2) is 12.4. The van der Waals surface area contributed by atoms with Crippen molar-refractivity contribution in [2.75, 3.05) is 6.61 Å². The number of hydrogen-bond donors (Lipinski definition) is 1. The first-order valence-corrected chi connectivity index (χ1v) is 12.9. The molecule has 1 fully saturated rings. The van der Waals surface area contributed by atoms with Crippen LogP contribution in [-0.4, -0.2) is 71.7 Å². The van der Waals surface area contributed by atoms with E-state index < -0.39 is 67.4 Å². The van der Waals surface area contributed by atoms with Crippen LogP contribution in [-0.2, 0) is 23.7 Å². The maximum absolute atomic E-state index is 13.2. The molecular weight excluding hydrogens is 546 g/mol. The van der Waals surface area contributed by atoms with Crippen LogP contribution in [0.2, 0.25) is 0 Å². The van der Waals surface area contributed by atoms with E-state index >= 15 is 0 Å². The molecular formula is C30H25N3O9. The number of rotatable bonds is 8. The average Bonchev–Trinajstić information content (AvgIpc) is 3.32. The van der Waals surface area contributed by atoms with Crippen molar-refractivity contribution in [3.05, 3.63) is 108 Å². The number of benzene rings is 3. The first-order valence-electron chi connectivity index (χ1n) is 12.9. The fourth-order valence-corrected chi connectivity index (χ4v) is 4.48. The predicted molar refractivity (Wildman–Crippen MR) is 145 cm³/mol. The highest BCUT2D eigenvalue weighted by Crippen LogP contribution is 2.32. The van der Waals surface area contributed by atoms with Gasteiger partial charge in [0.15, 0.2) is 18.4 Å². The van der Waals surface area contributed by atoms with Crippen molar-refractivity contribution in [3.8, 4) is 0 Å². The van der Waals surface area contributed by atoms with Crippen LogP contribution in [0.5, 0.6) is 0 Å². The molecule has 0 radical (unpaired) electrons. The molecule has 2 aliphatic rings. The van der Waals surface area contributed by atoms with Crippen LogP contribution in [0.25, 0.3) is 0 Å². The molecule has 0 bridgehead atoms. The van der Waals surface area contributed by atoms with Gasteiger partial charge in [-0.25, -0.2) is 24.1 Å². The molecule has 0 unspecified atom stereocenters. The highest BCUT2D eigenvalue weighted by Gasteiger charge is 2.55. The zero-order valence-corrected chi connectivity index (χ0v) is 22.0. The largest absolute Gasteiger partial charge is 0.459 e. The fourth-order valence-electron chi connectivity index (χ4n) is 4.48. The second-order valence-corrected chi connectivity index (χ2v) is 9.33. The van der Waals surface area contributed by atoms with E-state index in [0.29, 0.717) is 4.90 Å². The van der Waals surface area contributed by atoms with E-state index in [0.717, 1.165) is 0 Å². The lowest BCUT2D eigenvalue weighted by Gasteiger charge is -2.31. The Morgan fingerprint density at radius 3 is 1.74 bits per heavy atom. The third-order valence-electron chi connectivity index (χ3n) is 6.48. The lowest BCUT2D eigenvalue weighted by atomic mass is 10.1. The van der Waals surface area contributed by atoms with Crippen molar-refractivity contribution < 1.29 is 42.9 Å². The van der Waals surface area contributed by atoms with Gasteiger partial charge in [-0.2, -0.15) is 4.99 Å². The van der Waals surface area contributed by atoms with Crippen molar-refractivity contribution in [2.24, 2.45) is 10.7 Å². The number of hydrogen-bond acceptors (Lipinski definition) is 10. The number of amides is 3. The molecule has 3 aromatic carbocycles. The zero-order valence-electron chi connectivity index (χ0n) is 22.0. The summed E-state index contributed by atoms with van der Waals surface area (Å²) in [4.78, 5) is 69.1. The first kappa shape index (κ1) is 28.2. The van der Waals surface area contributed by atoms with Crippen molar-refractivity contribution in [2.45, 2.75) is 31.0 Å². The molecule has 0 saturated carbocycles. The topological polar surface area (TPSA) is 164 Å². The predicted octanol–water partition coefficient (Wildman–Crippen LogP) is 2.73. The molecule has 3 amide bonds. The monoisotopic (exact) mass is 571 g/mol. The van der Waals surface area contributed by atoms with Gasteiger partial charge >= 0.3 is 23.9 Å². The summed E-state index contributed by atoms with van der Waals surface area (Å²) in [6.07, 6.45) is -6.17. The third-order valence-corrected chi connectivity index (χ3v) is 6.48. The van der Waals surface area contributed by atoms with Gasteiger partial charge in [-0.15, -0.1) is 0 Å². The molecule has 3 aromatic rings. The zero-order chi connectivity index (χ0) is 29.6. The smallest absolute Gasteiger partial charge is 0.354 e. The molecule has 0 aliphatic carbocycles. The Labute approximate surface area is 239 Å². The maximum atomic E-state index is 13.2. The molecule has 214 valence electrons. The van der Waals surface area contributed by atoms with Gasteiger partial charge in [-0.3, -0.25) is 4.79 Å². The van der Waals surface area contributed by atoms with Crippen LogP contribution in [0, 0.1) is 0 Å². The summed E-state index contributed by atoms with van der Waals surface area (Å²) in [6.45, 7) is -0.474. The summed E-state index contributed by atoms with van der Waals surface area (Å²) in [5.41, 5.74) is 6.20. The summed E-state index contributed by atoms with van der Waals surface area (Å²) in [5.74, 6) is -3.30. The number of aliphatic imine (C=N–C) groups is 1. The van der Waals surface area contributed by atoms with Gasteiger partial charge in [-0.1, -0.05) is 54.6 Å². The summed E-state index contributed by atoms with van der Waals surface area (Å²) >= 11 is 0. The van der Waals surface area contributed by atoms with Crippen LogP contribution < -0.4 is 5.73 Å². The quantitative estimate of drug-likeness (QED) is 0.314. The maximum Gasteiger partial charge on any atom is 0.354 e. The molecule has 12 nitrogen and oxygen atoms in total. The first-order chi connectivity index (χ1) is 20.3. The molecule has 2 N–H and O–H groups in total. The normalized spacial score (nSPS) is 21.8. The minimum Gasteiger partial charge on any atom is -0.459 e. The number of nitrogens with two attached hydrogens (primary N) is 1.